The van der Waals surface area contributed by atoms with E-state index < -0.39 is 4.92 Å². The topological polar surface area (TPSA) is 156 Å². The van der Waals surface area contributed by atoms with Crippen LogP contribution in [0.25, 0.3) is 11.3 Å². The molecule has 202 valence electrons. The third-order valence-electron chi connectivity index (χ3n) is 5.17. The lowest BCUT2D eigenvalue weighted by molar-refractivity contribution is -0.386. The zero-order valence-corrected chi connectivity index (χ0v) is 23.9. The number of halogens is 2. The lowest BCUT2D eigenvalue weighted by Crippen LogP contribution is -2.05. The maximum atomic E-state index is 11.3. The van der Waals surface area contributed by atoms with Gasteiger partial charge >= 0.3 is 11.9 Å². The van der Waals surface area contributed by atoms with Gasteiger partial charge < -0.3 is 19.6 Å². The molecule has 0 amide bonds. The second-order valence-corrected chi connectivity index (χ2v) is 9.65. The average molecular weight is 654 g/mol. The summed E-state index contributed by atoms with van der Waals surface area (Å²) in [7, 11) is 0. The molecule has 0 fully saturated rings. The predicted octanol–water partition coefficient (Wildman–Crippen LogP) is 4.68. The summed E-state index contributed by atoms with van der Waals surface area (Å²) < 4.78 is 14.3. The Bertz CT molecular complexity index is 1430. The van der Waals surface area contributed by atoms with Gasteiger partial charge in [0.1, 0.15) is 15.8 Å². The van der Waals surface area contributed by atoms with Crippen molar-refractivity contribution in [2.45, 2.75) is 39.5 Å². The molecule has 0 aromatic carbocycles. The fourth-order valence-electron chi connectivity index (χ4n) is 3.43. The molecule has 4 aromatic rings. The molecule has 38 heavy (non-hydrogen) atoms. The molecule has 0 aliphatic carbocycles. The van der Waals surface area contributed by atoms with Crippen molar-refractivity contribution in [3.8, 4) is 0 Å². The minimum absolute atomic E-state index is 0.0353. The largest absolute Gasteiger partial charge is 0.466 e. The third-order valence-corrected chi connectivity index (χ3v) is 6.49. The van der Waals surface area contributed by atoms with Crippen LogP contribution in [-0.4, -0.2) is 48.8 Å². The lowest BCUT2D eigenvalue weighted by Gasteiger charge is -1.98. The number of imidazole rings is 2. The number of nitrogens with two attached hydrogens (primary N) is 1. The van der Waals surface area contributed by atoms with Crippen LogP contribution in [0.3, 0.4) is 0 Å². The molecular weight excluding hydrogens is 628 g/mol. The number of aryl methyl sites for hydroxylation is 2. The minimum atomic E-state index is -0.470. The predicted molar refractivity (Wildman–Crippen MR) is 147 cm³/mol. The van der Waals surface area contributed by atoms with Crippen molar-refractivity contribution in [1.82, 2.24) is 18.8 Å². The van der Waals surface area contributed by atoms with Gasteiger partial charge in [-0.3, -0.25) is 24.1 Å². The van der Waals surface area contributed by atoms with Gasteiger partial charge in [-0.2, -0.15) is 0 Å². The van der Waals surface area contributed by atoms with E-state index in [1.807, 2.05) is 16.7 Å². The van der Waals surface area contributed by atoms with Crippen LogP contribution in [-0.2, 0) is 31.9 Å². The molecule has 4 rings (SSSR count). The van der Waals surface area contributed by atoms with E-state index in [4.69, 9.17) is 15.2 Å². The first kappa shape index (κ1) is 29.0. The number of pyridine rings is 2. The van der Waals surface area contributed by atoms with Crippen LogP contribution in [0.4, 0.5) is 11.4 Å². The molecule has 0 unspecified atom stereocenters. The van der Waals surface area contributed by atoms with Crippen molar-refractivity contribution >= 4 is 66.5 Å². The highest BCUT2D eigenvalue weighted by Gasteiger charge is 2.15. The summed E-state index contributed by atoms with van der Waals surface area (Å²) >= 11 is 6.50. The monoisotopic (exact) mass is 652 g/mol. The van der Waals surface area contributed by atoms with Crippen LogP contribution in [0, 0.1) is 10.1 Å². The summed E-state index contributed by atoms with van der Waals surface area (Å²) in [5, 5.41) is 10.8. The number of carbonyl (C=O) groups excluding carboxylic acids is 2. The zero-order chi connectivity index (χ0) is 27.8. The Balaban J connectivity index is 0.000000212. The van der Waals surface area contributed by atoms with Crippen LogP contribution in [0.2, 0.25) is 0 Å². The molecule has 0 aliphatic rings. The van der Waals surface area contributed by atoms with Crippen molar-refractivity contribution in [2.75, 3.05) is 18.9 Å². The van der Waals surface area contributed by atoms with E-state index in [9.17, 15) is 19.7 Å². The van der Waals surface area contributed by atoms with Gasteiger partial charge in [-0.05, 0) is 51.8 Å². The molecule has 0 aliphatic heterocycles. The van der Waals surface area contributed by atoms with Gasteiger partial charge in [0.2, 0.25) is 0 Å². The Morgan fingerprint density at radius 1 is 0.895 bits per heavy atom. The Kier molecular flexibility index (Phi) is 10.2. The standard InChI is InChI=1S/C12H12BrN3O4.C12H14BrN3O2/c1-2-20-12(17)4-3-8-6-15-7-10(16(18)19)9(13)5-11(15)14-8;1-2-18-12(17)4-3-8-6-16-7-10(14)9(13)5-11(16)15-8/h5-7H,2-4H2,1H3;5-7H,2-4,14H2,1H3. The maximum absolute atomic E-state index is 11.3. The first-order valence-electron chi connectivity index (χ1n) is 11.7. The van der Waals surface area contributed by atoms with E-state index >= 15 is 0 Å². The van der Waals surface area contributed by atoms with Crippen molar-refractivity contribution in [2.24, 2.45) is 0 Å². The zero-order valence-electron chi connectivity index (χ0n) is 20.7. The summed E-state index contributed by atoms with van der Waals surface area (Å²) in [5.74, 6) is -0.480. The Morgan fingerprint density at radius 2 is 1.37 bits per heavy atom. The number of anilines is 1. The molecule has 4 heterocycles. The molecule has 0 radical (unpaired) electrons. The number of fused-ring (bicyclic) bond motifs is 2. The highest BCUT2D eigenvalue weighted by atomic mass is 79.9. The van der Waals surface area contributed by atoms with Gasteiger partial charge in [0.15, 0.2) is 0 Å². The van der Waals surface area contributed by atoms with Crippen molar-refractivity contribution in [3.63, 3.8) is 0 Å². The number of nitro groups is 1. The smallest absolute Gasteiger partial charge is 0.306 e. The highest BCUT2D eigenvalue weighted by Crippen LogP contribution is 2.26. The number of hydrogen-bond acceptors (Lipinski definition) is 9. The van der Waals surface area contributed by atoms with Crippen LogP contribution in [0.5, 0.6) is 0 Å². The molecule has 2 N–H and O–H groups in total. The molecule has 0 saturated heterocycles. The second kappa shape index (κ2) is 13.3. The van der Waals surface area contributed by atoms with Crippen LogP contribution >= 0.6 is 31.9 Å². The number of nitrogens with zero attached hydrogens (tertiary/aromatic N) is 5. The van der Waals surface area contributed by atoms with Gasteiger partial charge in [-0.15, -0.1) is 0 Å². The van der Waals surface area contributed by atoms with Crippen molar-refractivity contribution < 1.29 is 24.0 Å². The van der Waals surface area contributed by atoms with E-state index in [1.54, 1.807) is 36.7 Å². The number of ether oxygens (including phenoxy) is 2. The number of rotatable bonds is 9. The normalized spacial score (nSPS) is 10.7. The summed E-state index contributed by atoms with van der Waals surface area (Å²) in [4.78, 5) is 41.6. The molecule has 0 bridgehead atoms. The number of nitrogen functional groups attached to an aromatic ring is 1. The van der Waals surface area contributed by atoms with Crippen molar-refractivity contribution in [3.05, 3.63) is 67.4 Å². The van der Waals surface area contributed by atoms with Gasteiger partial charge in [0, 0.05) is 42.0 Å². The molecule has 0 saturated carbocycles. The second-order valence-electron chi connectivity index (χ2n) is 7.95. The van der Waals surface area contributed by atoms with Gasteiger partial charge in [0.25, 0.3) is 5.69 Å². The summed E-state index contributed by atoms with van der Waals surface area (Å²) in [6, 6.07) is 3.43. The van der Waals surface area contributed by atoms with E-state index in [-0.39, 0.29) is 24.0 Å². The molecular formula is C24H26Br2N6O6. The number of carbonyl (C=O) groups is 2. The molecule has 14 heteroatoms. The van der Waals surface area contributed by atoms with Crippen LogP contribution < -0.4 is 5.73 Å². The van der Waals surface area contributed by atoms with E-state index in [0.29, 0.717) is 54.0 Å². The van der Waals surface area contributed by atoms with Crippen molar-refractivity contribution in [1.29, 1.82) is 0 Å². The summed E-state index contributed by atoms with van der Waals surface area (Å²) in [6.45, 7) is 4.30. The first-order chi connectivity index (χ1) is 18.1. The lowest BCUT2D eigenvalue weighted by atomic mass is 10.2. The number of esters is 2. The van der Waals surface area contributed by atoms with Gasteiger partial charge in [0.05, 0.1) is 54.3 Å². The third kappa shape index (κ3) is 7.74. The summed E-state index contributed by atoms with van der Waals surface area (Å²) in [6.07, 6.45) is 8.31. The summed E-state index contributed by atoms with van der Waals surface area (Å²) in [5.41, 5.74) is 9.32. The SMILES string of the molecule is CCOC(=O)CCc1cn2cc(N)c(Br)cc2n1.CCOC(=O)CCc1cn2cc([N+](=O)[O-])c(Br)cc2n1. The average Bonchev–Trinajstić information content (AvgIpc) is 3.44. The van der Waals surface area contributed by atoms with E-state index in [0.717, 1.165) is 15.8 Å². The quantitative estimate of drug-likeness (QED) is 0.154. The van der Waals surface area contributed by atoms with Gasteiger partial charge in [-0.1, -0.05) is 0 Å². The number of aromatic nitrogens is 4. The Morgan fingerprint density at radius 3 is 1.84 bits per heavy atom. The highest BCUT2D eigenvalue weighted by molar-refractivity contribution is 9.11. The Hall–Kier alpha value is -3.52. The van der Waals surface area contributed by atoms with Crippen LogP contribution in [0.1, 0.15) is 38.1 Å². The molecule has 12 nitrogen and oxygen atoms in total. The maximum Gasteiger partial charge on any atom is 0.306 e. The van der Waals surface area contributed by atoms with E-state index in [2.05, 4.69) is 41.8 Å². The fourth-order valence-corrected chi connectivity index (χ4v) is 4.19. The molecule has 4 aromatic heterocycles. The fraction of sp³-hybridized carbons (Fsp3) is 0.333. The first-order valence-corrected chi connectivity index (χ1v) is 13.2. The Labute approximate surface area is 234 Å². The molecule has 0 atom stereocenters. The number of hydrogen-bond donors (Lipinski definition) is 1. The van der Waals surface area contributed by atoms with Gasteiger partial charge in [-0.25, -0.2) is 9.97 Å². The minimum Gasteiger partial charge on any atom is -0.466 e. The van der Waals surface area contributed by atoms with Crippen LogP contribution in [0.15, 0.2) is 45.9 Å². The van der Waals surface area contributed by atoms with E-state index in [1.165, 1.54) is 6.20 Å². The molecule has 0 spiro atoms.